The first-order valence-electron chi connectivity index (χ1n) is 5.37. The highest BCUT2D eigenvalue weighted by Gasteiger charge is 2.01. The Kier molecular flexibility index (Phi) is 4.86. The van der Waals surface area contributed by atoms with Gasteiger partial charge in [0, 0.05) is 0 Å². The first-order valence-corrected chi connectivity index (χ1v) is 5.37. The van der Waals surface area contributed by atoms with Crippen molar-refractivity contribution in [3.63, 3.8) is 0 Å². The molecule has 0 bridgehead atoms. The summed E-state index contributed by atoms with van der Waals surface area (Å²) < 4.78 is 5.66. The summed E-state index contributed by atoms with van der Waals surface area (Å²) in [6.45, 7) is 4.82. The molecule has 15 heavy (non-hydrogen) atoms. The molecule has 0 amide bonds. The highest BCUT2D eigenvalue weighted by Crippen LogP contribution is 2.09. The maximum atomic E-state index is 8.73. The van der Waals surface area contributed by atoms with Crippen molar-refractivity contribution < 1.29 is 4.74 Å². The van der Waals surface area contributed by atoms with Gasteiger partial charge in [0.15, 0.2) is 0 Å². The lowest BCUT2D eigenvalue weighted by atomic mass is 10.1. The van der Waals surface area contributed by atoms with E-state index in [1.807, 2.05) is 18.2 Å². The zero-order valence-corrected chi connectivity index (χ0v) is 9.36. The highest BCUT2D eigenvalue weighted by molar-refractivity contribution is 5.32. The molecule has 1 atom stereocenters. The van der Waals surface area contributed by atoms with Crippen LogP contribution >= 0.6 is 0 Å². The number of nitrogens with zero attached hydrogens (tertiary/aromatic N) is 1. The van der Waals surface area contributed by atoms with Crippen LogP contribution < -0.4 is 0 Å². The van der Waals surface area contributed by atoms with Gasteiger partial charge in [0.2, 0.25) is 0 Å². The second-order valence-electron chi connectivity index (χ2n) is 3.72. The molecule has 0 aromatic heterocycles. The molecule has 0 spiro atoms. The molecule has 0 fully saturated rings. The van der Waals surface area contributed by atoms with Crippen molar-refractivity contribution in [2.75, 3.05) is 0 Å². The molecule has 1 aromatic carbocycles. The summed E-state index contributed by atoms with van der Waals surface area (Å²) in [6, 6.07) is 9.68. The lowest BCUT2D eigenvalue weighted by molar-refractivity contribution is 0.0472. The van der Waals surface area contributed by atoms with Crippen LogP contribution in [0.1, 0.15) is 37.8 Å². The van der Waals surface area contributed by atoms with Crippen LogP contribution in [0.25, 0.3) is 0 Å². The Morgan fingerprint density at radius 3 is 2.93 bits per heavy atom. The van der Waals surface area contributed by atoms with Crippen LogP contribution in [0.2, 0.25) is 0 Å². The number of hydrogen-bond donors (Lipinski definition) is 0. The monoisotopic (exact) mass is 203 g/mol. The Hall–Kier alpha value is -1.33. The first kappa shape index (κ1) is 11.7. The van der Waals surface area contributed by atoms with Crippen LogP contribution in [0.15, 0.2) is 24.3 Å². The normalized spacial score (nSPS) is 12.1. The van der Waals surface area contributed by atoms with Gasteiger partial charge in [-0.2, -0.15) is 5.26 Å². The molecule has 1 aromatic rings. The highest BCUT2D eigenvalue weighted by atomic mass is 16.5. The molecular formula is C13H17NO. The van der Waals surface area contributed by atoms with Gasteiger partial charge in [-0.1, -0.05) is 25.5 Å². The first-order chi connectivity index (χ1) is 7.26. The molecule has 2 heteroatoms. The van der Waals surface area contributed by atoms with Crippen molar-refractivity contribution in [1.82, 2.24) is 0 Å². The standard InChI is InChI=1S/C13H17NO/c1-3-5-11(2)15-10-13-7-4-6-12(8-13)9-14/h4,6-8,11H,3,5,10H2,1-2H3. The zero-order valence-electron chi connectivity index (χ0n) is 9.36. The van der Waals surface area contributed by atoms with E-state index >= 15 is 0 Å². The number of hydrogen-bond acceptors (Lipinski definition) is 2. The largest absolute Gasteiger partial charge is 0.374 e. The number of rotatable bonds is 5. The summed E-state index contributed by atoms with van der Waals surface area (Å²) in [5, 5.41) is 8.73. The fraction of sp³-hybridized carbons (Fsp3) is 0.462. The molecule has 0 aliphatic rings. The third kappa shape index (κ3) is 4.14. The molecule has 0 N–H and O–H groups in total. The van der Waals surface area contributed by atoms with Crippen molar-refractivity contribution in [2.24, 2.45) is 0 Å². The van der Waals surface area contributed by atoms with Crippen LogP contribution in [0, 0.1) is 11.3 Å². The molecule has 80 valence electrons. The molecule has 1 rings (SSSR count). The quantitative estimate of drug-likeness (QED) is 0.735. The van der Waals surface area contributed by atoms with E-state index in [0.29, 0.717) is 18.3 Å². The van der Waals surface area contributed by atoms with Gasteiger partial charge in [-0.05, 0) is 31.0 Å². The van der Waals surface area contributed by atoms with Crippen LogP contribution in [0.4, 0.5) is 0 Å². The van der Waals surface area contributed by atoms with Crippen molar-refractivity contribution in [1.29, 1.82) is 5.26 Å². The Balaban J connectivity index is 2.47. The van der Waals surface area contributed by atoms with Crippen LogP contribution in [-0.4, -0.2) is 6.10 Å². The number of benzene rings is 1. The zero-order chi connectivity index (χ0) is 11.1. The Morgan fingerprint density at radius 1 is 1.47 bits per heavy atom. The third-order valence-electron chi connectivity index (χ3n) is 2.29. The minimum atomic E-state index is 0.292. The molecule has 0 saturated carbocycles. The summed E-state index contributed by atoms with van der Waals surface area (Å²) >= 11 is 0. The second kappa shape index (κ2) is 6.21. The predicted molar refractivity (Wildman–Crippen MR) is 60.3 cm³/mol. The van der Waals surface area contributed by atoms with Gasteiger partial charge >= 0.3 is 0 Å². The van der Waals surface area contributed by atoms with E-state index in [2.05, 4.69) is 19.9 Å². The van der Waals surface area contributed by atoms with E-state index < -0.39 is 0 Å². The number of nitriles is 1. The topological polar surface area (TPSA) is 33.0 Å². The third-order valence-corrected chi connectivity index (χ3v) is 2.29. The van der Waals surface area contributed by atoms with Gasteiger partial charge in [-0.3, -0.25) is 0 Å². The SMILES string of the molecule is CCCC(C)OCc1cccc(C#N)c1. The van der Waals surface area contributed by atoms with Crippen molar-refractivity contribution in [2.45, 2.75) is 39.4 Å². The minimum absolute atomic E-state index is 0.292. The average Bonchev–Trinajstić information content (AvgIpc) is 2.27. The molecule has 0 aliphatic heterocycles. The molecule has 1 unspecified atom stereocenters. The molecule has 2 nitrogen and oxygen atoms in total. The van der Waals surface area contributed by atoms with Crippen molar-refractivity contribution in [3.8, 4) is 6.07 Å². The fourth-order valence-corrected chi connectivity index (χ4v) is 1.46. The van der Waals surface area contributed by atoms with E-state index in [4.69, 9.17) is 10.00 Å². The van der Waals surface area contributed by atoms with Gasteiger partial charge in [-0.15, -0.1) is 0 Å². The summed E-state index contributed by atoms with van der Waals surface area (Å²) in [4.78, 5) is 0. The van der Waals surface area contributed by atoms with Crippen LogP contribution in [0.3, 0.4) is 0 Å². The lowest BCUT2D eigenvalue weighted by Crippen LogP contribution is -2.07. The molecule has 0 heterocycles. The molecule has 0 saturated heterocycles. The second-order valence-corrected chi connectivity index (χ2v) is 3.72. The van der Waals surface area contributed by atoms with E-state index in [0.717, 1.165) is 18.4 Å². The Labute approximate surface area is 91.5 Å². The van der Waals surface area contributed by atoms with Crippen molar-refractivity contribution >= 4 is 0 Å². The summed E-state index contributed by atoms with van der Waals surface area (Å²) in [7, 11) is 0. The lowest BCUT2D eigenvalue weighted by Gasteiger charge is -2.11. The summed E-state index contributed by atoms with van der Waals surface area (Å²) in [5.41, 5.74) is 1.76. The van der Waals surface area contributed by atoms with E-state index in [9.17, 15) is 0 Å². The number of ether oxygens (including phenoxy) is 1. The summed E-state index contributed by atoms with van der Waals surface area (Å²) in [5.74, 6) is 0. The Morgan fingerprint density at radius 2 is 2.27 bits per heavy atom. The van der Waals surface area contributed by atoms with Crippen LogP contribution in [-0.2, 0) is 11.3 Å². The van der Waals surface area contributed by atoms with Crippen molar-refractivity contribution in [3.05, 3.63) is 35.4 Å². The van der Waals surface area contributed by atoms with Gasteiger partial charge in [0.05, 0.1) is 24.3 Å². The van der Waals surface area contributed by atoms with E-state index in [1.165, 1.54) is 0 Å². The maximum Gasteiger partial charge on any atom is 0.0991 e. The van der Waals surface area contributed by atoms with Gasteiger partial charge in [-0.25, -0.2) is 0 Å². The van der Waals surface area contributed by atoms with Gasteiger partial charge in [0.1, 0.15) is 0 Å². The fourth-order valence-electron chi connectivity index (χ4n) is 1.46. The van der Waals surface area contributed by atoms with Crippen LogP contribution in [0.5, 0.6) is 0 Å². The molecule has 0 aliphatic carbocycles. The Bertz CT molecular complexity index is 341. The van der Waals surface area contributed by atoms with E-state index in [1.54, 1.807) is 6.07 Å². The molecular weight excluding hydrogens is 186 g/mol. The smallest absolute Gasteiger partial charge is 0.0991 e. The molecule has 0 radical (unpaired) electrons. The average molecular weight is 203 g/mol. The summed E-state index contributed by atoms with van der Waals surface area (Å²) in [6.07, 6.45) is 2.51. The van der Waals surface area contributed by atoms with Gasteiger partial charge < -0.3 is 4.74 Å². The minimum Gasteiger partial charge on any atom is -0.374 e. The maximum absolute atomic E-state index is 8.73. The van der Waals surface area contributed by atoms with E-state index in [-0.39, 0.29) is 0 Å². The van der Waals surface area contributed by atoms with Gasteiger partial charge in [0.25, 0.3) is 0 Å². The predicted octanol–water partition coefficient (Wildman–Crippen LogP) is 3.26.